The Labute approximate surface area is 191 Å². The van der Waals surface area contributed by atoms with E-state index in [2.05, 4.69) is 5.32 Å². The summed E-state index contributed by atoms with van der Waals surface area (Å²) in [5.41, 5.74) is 0.591. The van der Waals surface area contributed by atoms with Crippen molar-refractivity contribution >= 4 is 21.9 Å². The number of halogens is 2. The van der Waals surface area contributed by atoms with Gasteiger partial charge in [-0.25, -0.2) is 22.0 Å². The van der Waals surface area contributed by atoms with Gasteiger partial charge in [-0.2, -0.15) is 4.31 Å². The Morgan fingerprint density at radius 2 is 1.79 bits per heavy atom. The third kappa shape index (κ3) is 5.94. The fraction of sp³-hybridized carbons (Fsp3) is 0.391. The van der Waals surface area contributed by atoms with Gasteiger partial charge in [0.25, 0.3) is 5.91 Å². The van der Waals surface area contributed by atoms with Gasteiger partial charge in [0.05, 0.1) is 16.5 Å². The van der Waals surface area contributed by atoms with Crippen LogP contribution >= 0.6 is 0 Å². The van der Waals surface area contributed by atoms with E-state index in [1.54, 1.807) is 6.92 Å². The third-order valence-corrected chi connectivity index (χ3v) is 7.54. The monoisotopic (exact) mass is 480 g/mol. The number of rotatable bonds is 7. The number of aryl methyl sites for hydroxylation is 1. The zero-order chi connectivity index (χ0) is 24.2. The molecular formula is C23H26F2N2O5S. The van der Waals surface area contributed by atoms with E-state index < -0.39 is 46.2 Å². The number of carbonyl (C=O) groups excluding carboxylic acids is 2. The van der Waals surface area contributed by atoms with Gasteiger partial charge < -0.3 is 10.1 Å². The lowest BCUT2D eigenvalue weighted by Crippen LogP contribution is -2.36. The van der Waals surface area contributed by atoms with E-state index in [4.69, 9.17) is 4.74 Å². The maximum absolute atomic E-state index is 13.9. The summed E-state index contributed by atoms with van der Waals surface area (Å²) in [6.45, 7) is 3.38. The van der Waals surface area contributed by atoms with E-state index in [1.165, 1.54) is 35.5 Å². The molecule has 178 valence electrons. The molecule has 3 rings (SSSR count). The molecule has 2 aromatic rings. The Balaban J connectivity index is 1.64. The standard InChI is InChI=1S/C23H26F2N2O5S/c1-15-6-7-17(12-21(15)33(30,31)27-10-4-3-5-11-27)23(29)32-14-22(28)26-16(2)19-9-8-18(24)13-20(19)25/h6-9,12-13,16H,3-5,10-11,14H2,1-2H3,(H,26,28). The van der Waals surface area contributed by atoms with Gasteiger partial charge in [0.15, 0.2) is 6.61 Å². The van der Waals surface area contributed by atoms with Crippen LogP contribution < -0.4 is 5.32 Å². The van der Waals surface area contributed by atoms with E-state index >= 15 is 0 Å². The highest BCUT2D eigenvalue weighted by Crippen LogP contribution is 2.25. The van der Waals surface area contributed by atoms with Gasteiger partial charge >= 0.3 is 5.97 Å². The molecule has 7 nitrogen and oxygen atoms in total. The lowest BCUT2D eigenvalue weighted by molar-refractivity contribution is -0.124. The molecule has 1 aliphatic heterocycles. The minimum absolute atomic E-state index is 0.00149. The first kappa shape index (κ1) is 24.8. The lowest BCUT2D eigenvalue weighted by Gasteiger charge is -2.26. The van der Waals surface area contributed by atoms with Crippen molar-refractivity contribution in [2.75, 3.05) is 19.7 Å². The molecule has 1 N–H and O–H groups in total. The second-order valence-corrected chi connectivity index (χ2v) is 9.88. The molecule has 0 spiro atoms. The molecule has 1 unspecified atom stereocenters. The summed E-state index contributed by atoms with van der Waals surface area (Å²) in [6, 6.07) is 6.44. The summed E-state index contributed by atoms with van der Waals surface area (Å²) >= 11 is 0. The first-order chi connectivity index (χ1) is 15.6. The highest BCUT2D eigenvalue weighted by Gasteiger charge is 2.28. The summed E-state index contributed by atoms with van der Waals surface area (Å²) in [6.07, 6.45) is 2.55. The van der Waals surface area contributed by atoms with E-state index in [0.717, 1.165) is 25.3 Å². The number of carbonyl (C=O) groups is 2. The molecule has 1 heterocycles. The van der Waals surface area contributed by atoms with Gasteiger partial charge in [-0.3, -0.25) is 4.79 Å². The Bertz CT molecular complexity index is 1150. The molecule has 1 aliphatic rings. The van der Waals surface area contributed by atoms with Crippen LogP contribution in [0.2, 0.25) is 0 Å². The Hall–Kier alpha value is -2.85. The SMILES string of the molecule is Cc1ccc(C(=O)OCC(=O)NC(C)c2ccc(F)cc2F)cc1S(=O)(=O)N1CCCCC1. The molecule has 0 aromatic heterocycles. The van der Waals surface area contributed by atoms with E-state index in [9.17, 15) is 26.8 Å². The molecule has 10 heteroatoms. The minimum Gasteiger partial charge on any atom is -0.452 e. The zero-order valence-electron chi connectivity index (χ0n) is 18.4. The molecule has 1 saturated heterocycles. The zero-order valence-corrected chi connectivity index (χ0v) is 19.3. The second-order valence-electron chi connectivity index (χ2n) is 7.98. The van der Waals surface area contributed by atoms with Crippen LogP contribution in [-0.2, 0) is 19.6 Å². The number of ether oxygens (including phenoxy) is 1. The lowest BCUT2D eigenvalue weighted by atomic mass is 10.1. The second kappa shape index (κ2) is 10.4. The summed E-state index contributed by atoms with van der Waals surface area (Å²) in [4.78, 5) is 24.6. The Morgan fingerprint density at radius 1 is 1.09 bits per heavy atom. The number of hydrogen-bond acceptors (Lipinski definition) is 5. The van der Waals surface area contributed by atoms with Crippen molar-refractivity contribution in [3.63, 3.8) is 0 Å². The van der Waals surface area contributed by atoms with Gasteiger partial charge in [0.2, 0.25) is 10.0 Å². The number of amides is 1. The van der Waals surface area contributed by atoms with Crippen LogP contribution in [0, 0.1) is 18.6 Å². The number of hydrogen-bond donors (Lipinski definition) is 1. The number of piperidine rings is 1. The number of nitrogens with zero attached hydrogens (tertiary/aromatic N) is 1. The molecule has 0 saturated carbocycles. The highest BCUT2D eigenvalue weighted by molar-refractivity contribution is 7.89. The van der Waals surface area contributed by atoms with Crippen molar-refractivity contribution in [3.8, 4) is 0 Å². The molecule has 0 bridgehead atoms. The molecule has 33 heavy (non-hydrogen) atoms. The topological polar surface area (TPSA) is 92.8 Å². The summed E-state index contributed by atoms with van der Waals surface area (Å²) in [7, 11) is -3.75. The largest absolute Gasteiger partial charge is 0.452 e. The first-order valence-corrected chi connectivity index (χ1v) is 12.1. The first-order valence-electron chi connectivity index (χ1n) is 10.6. The average Bonchev–Trinajstić information content (AvgIpc) is 2.78. The predicted molar refractivity (Wildman–Crippen MR) is 117 cm³/mol. The van der Waals surface area contributed by atoms with Crippen LogP contribution in [0.3, 0.4) is 0 Å². The molecule has 1 atom stereocenters. The highest BCUT2D eigenvalue weighted by atomic mass is 32.2. The number of sulfonamides is 1. The van der Waals surface area contributed by atoms with Gasteiger partial charge in [-0.15, -0.1) is 0 Å². The van der Waals surface area contributed by atoms with Crippen molar-refractivity contribution in [1.82, 2.24) is 9.62 Å². The van der Waals surface area contributed by atoms with Crippen LogP contribution in [0.25, 0.3) is 0 Å². The quantitative estimate of drug-likeness (QED) is 0.613. The molecule has 0 radical (unpaired) electrons. The van der Waals surface area contributed by atoms with Crippen molar-refractivity contribution < 1.29 is 31.5 Å². The van der Waals surface area contributed by atoms with Gasteiger partial charge in [0, 0.05) is 24.7 Å². The summed E-state index contributed by atoms with van der Waals surface area (Å²) in [5, 5.41) is 2.47. The van der Waals surface area contributed by atoms with Crippen LogP contribution in [0.15, 0.2) is 41.3 Å². The van der Waals surface area contributed by atoms with Crippen LogP contribution in [0.4, 0.5) is 8.78 Å². The van der Waals surface area contributed by atoms with Crippen molar-refractivity contribution in [1.29, 1.82) is 0 Å². The fourth-order valence-electron chi connectivity index (χ4n) is 3.68. The molecule has 0 aliphatic carbocycles. The van der Waals surface area contributed by atoms with Crippen molar-refractivity contribution in [2.45, 2.75) is 44.0 Å². The summed E-state index contributed by atoms with van der Waals surface area (Å²) in [5.74, 6) is -3.08. The molecule has 1 amide bonds. The van der Waals surface area contributed by atoms with E-state index in [1.807, 2.05) is 0 Å². The Morgan fingerprint density at radius 3 is 2.45 bits per heavy atom. The molecular weight excluding hydrogens is 454 g/mol. The summed E-state index contributed by atoms with van der Waals surface area (Å²) < 4.78 is 59.4. The van der Waals surface area contributed by atoms with Crippen molar-refractivity contribution in [2.24, 2.45) is 0 Å². The van der Waals surface area contributed by atoms with Gasteiger partial charge in [-0.05, 0) is 50.5 Å². The maximum Gasteiger partial charge on any atom is 0.338 e. The van der Waals surface area contributed by atoms with E-state index in [0.29, 0.717) is 24.7 Å². The van der Waals surface area contributed by atoms with E-state index in [-0.39, 0.29) is 16.0 Å². The predicted octanol–water partition coefficient (Wildman–Crippen LogP) is 3.48. The van der Waals surface area contributed by atoms with Crippen LogP contribution in [0.5, 0.6) is 0 Å². The third-order valence-electron chi connectivity index (χ3n) is 5.50. The average molecular weight is 481 g/mol. The smallest absolute Gasteiger partial charge is 0.338 e. The molecule has 2 aromatic carbocycles. The van der Waals surface area contributed by atoms with Crippen LogP contribution in [-0.4, -0.2) is 44.3 Å². The minimum atomic E-state index is -3.75. The maximum atomic E-state index is 13.9. The number of nitrogens with one attached hydrogen (secondary N) is 1. The fourth-order valence-corrected chi connectivity index (χ4v) is 5.45. The number of benzene rings is 2. The Kier molecular flexibility index (Phi) is 7.80. The number of esters is 1. The van der Waals surface area contributed by atoms with Crippen molar-refractivity contribution in [3.05, 3.63) is 64.7 Å². The van der Waals surface area contributed by atoms with Gasteiger partial charge in [0.1, 0.15) is 11.6 Å². The van der Waals surface area contributed by atoms with Gasteiger partial charge in [-0.1, -0.05) is 18.6 Å². The normalized spacial score (nSPS) is 15.6. The van der Waals surface area contributed by atoms with Crippen LogP contribution in [0.1, 0.15) is 53.7 Å². The molecule has 1 fully saturated rings.